The van der Waals surface area contributed by atoms with E-state index >= 15 is 0 Å². The predicted octanol–water partition coefficient (Wildman–Crippen LogP) is 5.18. The van der Waals surface area contributed by atoms with Crippen LogP contribution in [0.2, 0.25) is 0 Å². The lowest BCUT2D eigenvalue weighted by Crippen LogP contribution is -2.20. The molecule has 150 valence electrons. The SMILES string of the molecule is CC(C)c1ccc(C=NNC(=O)CCn2c3c(c4ccccc42)CCCC3)cc1. The summed E-state index contributed by atoms with van der Waals surface area (Å²) in [6.07, 6.45) is 6.87. The van der Waals surface area contributed by atoms with Crippen LogP contribution in [0.5, 0.6) is 0 Å². The molecule has 0 fully saturated rings. The average molecular weight is 388 g/mol. The Hall–Kier alpha value is -2.88. The molecule has 4 nitrogen and oxygen atoms in total. The molecule has 4 rings (SSSR count). The molecule has 3 aromatic rings. The van der Waals surface area contributed by atoms with Gasteiger partial charge in [0, 0.05) is 29.6 Å². The largest absolute Gasteiger partial charge is 0.344 e. The second-order valence-electron chi connectivity index (χ2n) is 8.17. The molecule has 1 N–H and O–H groups in total. The summed E-state index contributed by atoms with van der Waals surface area (Å²) in [4.78, 5) is 12.3. The van der Waals surface area contributed by atoms with Crippen LogP contribution in [0, 0.1) is 0 Å². The van der Waals surface area contributed by atoms with Gasteiger partial charge < -0.3 is 4.57 Å². The van der Waals surface area contributed by atoms with Gasteiger partial charge in [-0.15, -0.1) is 0 Å². The van der Waals surface area contributed by atoms with Gasteiger partial charge in [0.1, 0.15) is 0 Å². The van der Waals surface area contributed by atoms with Crippen LogP contribution in [0.15, 0.2) is 53.6 Å². The van der Waals surface area contributed by atoms with Crippen molar-refractivity contribution in [2.24, 2.45) is 5.10 Å². The summed E-state index contributed by atoms with van der Waals surface area (Å²) in [5.41, 5.74) is 9.11. The molecule has 0 aliphatic heterocycles. The number of nitrogens with zero attached hydrogens (tertiary/aromatic N) is 2. The van der Waals surface area contributed by atoms with Gasteiger partial charge in [-0.05, 0) is 54.4 Å². The summed E-state index contributed by atoms with van der Waals surface area (Å²) in [7, 11) is 0. The van der Waals surface area contributed by atoms with Crippen LogP contribution >= 0.6 is 0 Å². The Labute approximate surface area is 172 Å². The summed E-state index contributed by atoms with van der Waals surface area (Å²) in [5.74, 6) is 0.457. The van der Waals surface area contributed by atoms with E-state index in [2.05, 4.69) is 65.3 Å². The molecule has 0 bridgehead atoms. The summed E-state index contributed by atoms with van der Waals surface area (Å²) >= 11 is 0. The molecule has 1 aliphatic rings. The molecular formula is C25H29N3O. The fourth-order valence-electron chi connectivity index (χ4n) is 4.26. The van der Waals surface area contributed by atoms with E-state index in [-0.39, 0.29) is 5.91 Å². The first kappa shape index (κ1) is 19.4. The Morgan fingerprint density at radius 3 is 2.66 bits per heavy atom. The maximum Gasteiger partial charge on any atom is 0.241 e. The number of carbonyl (C=O) groups excluding carboxylic acids is 1. The van der Waals surface area contributed by atoms with E-state index < -0.39 is 0 Å². The van der Waals surface area contributed by atoms with Crippen molar-refractivity contribution < 1.29 is 4.79 Å². The Morgan fingerprint density at radius 1 is 1.10 bits per heavy atom. The Bertz CT molecular complexity index is 1030. The number of nitrogens with one attached hydrogen (secondary N) is 1. The van der Waals surface area contributed by atoms with Crippen LogP contribution in [0.3, 0.4) is 0 Å². The van der Waals surface area contributed by atoms with Gasteiger partial charge in [0.05, 0.1) is 6.21 Å². The van der Waals surface area contributed by atoms with Crippen molar-refractivity contribution in [3.05, 3.63) is 70.9 Å². The quantitative estimate of drug-likeness (QED) is 0.459. The Balaban J connectivity index is 1.39. The van der Waals surface area contributed by atoms with Crippen molar-refractivity contribution >= 4 is 23.0 Å². The lowest BCUT2D eigenvalue weighted by Gasteiger charge is -2.15. The summed E-state index contributed by atoms with van der Waals surface area (Å²) in [6.45, 7) is 5.04. The first-order valence-corrected chi connectivity index (χ1v) is 10.6. The van der Waals surface area contributed by atoms with Crippen molar-refractivity contribution in [1.82, 2.24) is 9.99 Å². The molecule has 1 amide bonds. The van der Waals surface area contributed by atoms with E-state index in [1.165, 1.54) is 40.6 Å². The Kier molecular flexibility index (Phi) is 5.79. The fourth-order valence-corrected chi connectivity index (χ4v) is 4.26. The van der Waals surface area contributed by atoms with Gasteiger partial charge in [0.25, 0.3) is 0 Å². The highest BCUT2D eigenvalue weighted by Gasteiger charge is 2.19. The molecule has 0 unspecified atom stereocenters. The number of amides is 1. The third-order valence-corrected chi connectivity index (χ3v) is 5.85. The third kappa shape index (κ3) is 4.26. The zero-order valence-electron chi connectivity index (χ0n) is 17.3. The first-order chi connectivity index (χ1) is 14.1. The number of fused-ring (bicyclic) bond motifs is 3. The summed E-state index contributed by atoms with van der Waals surface area (Å²) < 4.78 is 2.35. The standard InChI is InChI=1S/C25H29N3O/c1-18(2)20-13-11-19(12-14-20)17-26-27-25(29)15-16-28-23-9-5-3-7-21(23)22-8-4-6-10-24(22)28/h3,5,7,9,11-14,17-18H,4,6,8,10,15-16H2,1-2H3,(H,27,29). The van der Waals surface area contributed by atoms with Crippen molar-refractivity contribution in [2.75, 3.05) is 0 Å². The third-order valence-electron chi connectivity index (χ3n) is 5.85. The second-order valence-corrected chi connectivity index (χ2v) is 8.17. The van der Waals surface area contributed by atoms with Gasteiger partial charge in [-0.25, -0.2) is 5.43 Å². The highest BCUT2D eigenvalue weighted by Crippen LogP contribution is 2.32. The van der Waals surface area contributed by atoms with Crippen LogP contribution in [-0.4, -0.2) is 16.7 Å². The maximum atomic E-state index is 12.3. The summed E-state index contributed by atoms with van der Waals surface area (Å²) in [5, 5.41) is 5.48. The van der Waals surface area contributed by atoms with E-state index in [1.807, 2.05) is 12.1 Å². The van der Waals surface area contributed by atoms with E-state index in [1.54, 1.807) is 6.21 Å². The smallest absolute Gasteiger partial charge is 0.241 e. The second kappa shape index (κ2) is 8.64. The molecule has 1 aliphatic carbocycles. The minimum atomic E-state index is -0.0533. The van der Waals surface area contributed by atoms with Crippen molar-refractivity contribution in [3.63, 3.8) is 0 Å². The number of aryl methyl sites for hydroxylation is 2. The number of hydrazone groups is 1. The van der Waals surface area contributed by atoms with Gasteiger partial charge in [-0.1, -0.05) is 56.3 Å². The van der Waals surface area contributed by atoms with Crippen LogP contribution in [0.25, 0.3) is 10.9 Å². The van der Waals surface area contributed by atoms with E-state index in [0.29, 0.717) is 18.9 Å². The van der Waals surface area contributed by atoms with Crippen molar-refractivity contribution in [2.45, 2.75) is 58.4 Å². The molecule has 2 aromatic carbocycles. The summed E-state index contributed by atoms with van der Waals surface area (Å²) in [6, 6.07) is 16.8. The van der Waals surface area contributed by atoms with Gasteiger partial charge >= 0.3 is 0 Å². The number of benzene rings is 2. The Morgan fingerprint density at radius 2 is 1.86 bits per heavy atom. The zero-order valence-corrected chi connectivity index (χ0v) is 17.3. The van der Waals surface area contributed by atoms with E-state index in [4.69, 9.17) is 0 Å². The number of para-hydroxylation sites is 1. The van der Waals surface area contributed by atoms with Crippen molar-refractivity contribution in [1.29, 1.82) is 0 Å². The highest BCUT2D eigenvalue weighted by atomic mass is 16.2. The van der Waals surface area contributed by atoms with Crippen molar-refractivity contribution in [3.8, 4) is 0 Å². The van der Waals surface area contributed by atoms with Crippen LogP contribution in [0.1, 0.15) is 61.4 Å². The maximum absolute atomic E-state index is 12.3. The lowest BCUT2D eigenvalue weighted by molar-refractivity contribution is -0.121. The topological polar surface area (TPSA) is 46.4 Å². The molecule has 0 saturated heterocycles. The minimum Gasteiger partial charge on any atom is -0.344 e. The zero-order chi connectivity index (χ0) is 20.2. The number of rotatable bonds is 6. The van der Waals surface area contributed by atoms with Crippen LogP contribution < -0.4 is 5.43 Å². The number of aromatic nitrogens is 1. The van der Waals surface area contributed by atoms with E-state index in [0.717, 1.165) is 18.4 Å². The molecule has 29 heavy (non-hydrogen) atoms. The molecule has 0 saturated carbocycles. The highest BCUT2D eigenvalue weighted by molar-refractivity contribution is 5.86. The molecule has 0 radical (unpaired) electrons. The molecule has 0 spiro atoms. The molecular weight excluding hydrogens is 358 g/mol. The average Bonchev–Trinajstić information content (AvgIpc) is 3.06. The molecule has 4 heteroatoms. The normalized spacial score (nSPS) is 13.9. The lowest BCUT2D eigenvalue weighted by atomic mass is 9.95. The molecule has 0 atom stereocenters. The number of hydrogen-bond acceptors (Lipinski definition) is 2. The van der Waals surface area contributed by atoms with Gasteiger partial charge in [0.15, 0.2) is 0 Å². The minimum absolute atomic E-state index is 0.0533. The van der Waals surface area contributed by atoms with Crippen LogP contribution in [-0.2, 0) is 24.2 Å². The van der Waals surface area contributed by atoms with Gasteiger partial charge in [-0.2, -0.15) is 5.10 Å². The van der Waals surface area contributed by atoms with Gasteiger partial charge in [-0.3, -0.25) is 4.79 Å². The van der Waals surface area contributed by atoms with Crippen LogP contribution in [0.4, 0.5) is 0 Å². The predicted molar refractivity (Wildman–Crippen MR) is 119 cm³/mol. The first-order valence-electron chi connectivity index (χ1n) is 10.6. The molecule has 1 heterocycles. The monoisotopic (exact) mass is 387 g/mol. The number of carbonyl (C=O) groups is 1. The number of hydrogen-bond donors (Lipinski definition) is 1. The molecule has 1 aromatic heterocycles. The van der Waals surface area contributed by atoms with Gasteiger partial charge in [0.2, 0.25) is 5.91 Å². The van der Waals surface area contributed by atoms with E-state index in [9.17, 15) is 4.79 Å². The fraction of sp³-hybridized carbons (Fsp3) is 0.360.